The van der Waals surface area contributed by atoms with Gasteiger partial charge in [-0.3, -0.25) is 0 Å². The van der Waals surface area contributed by atoms with Crippen LogP contribution in [0, 0.1) is 0 Å². The van der Waals surface area contributed by atoms with Crippen molar-refractivity contribution in [1.29, 1.82) is 0 Å². The molecule has 0 N–H and O–H groups in total. The second-order valence-electron chi connectivity index (χ2n) is 4.21. The predicted octanol–water partition coefficient (Wildman–Crippen LogP) is 3.73. The van der Waals surface area contributed by atoms with Crippen LogP contribution in [0.4, 0.5) is 0 Å². The second-order valence-corrected chi connectivity index (χ2v) is 7.54. The van der Waals surface area contributed by atoms with E-state index >= 15 is 0 Å². The molecule has 0 atom stereocenters. The van der Waals surface area contributed by atoms with Gasteiger partial charge in [-0.15, -0.1) is 0 Å². The predicted molar refractivity (Wildman–Crippen MR) is 61.3 cm³/mol. The molecule has 2 rings (SSSR count). The van der Waals surface area contributed by atoms with Gasteiger partial charge < -0.3 is 4.57 Å². The lowest BCUT2D eigenvalue weighted by molar-refractivity contribution is 0.559. The molecule has 1 saturated heterocycles. The highest BCUT2D eigenvalue weighted by atomic mass is 31.2. The molecule has 1 aliphatic rings. The van der Waals surface area contributed by atoms with Crippen LogP contribution in [-0.2, 0) is 10.7 Å². The van der Waals surface area contributed by atoms with Gasteiger partial charge in [0.15, 0.2) is 0 Å². The molecule has 1 fully saturated rings. The summed E-state index contributed by atoms with van der Waals surface area (Å²) < 4.78 is 12.4. The Balaban J connectivity index is 2.06. The van der Waals surface area contributed by atoms with Crippen molar-refractivity contribution < 1.29 is 4.57 Å². The van der Waals surface area contributed by atoms with Gasteiger partial charge in [-0.05, 0) is 18.4 Å². The first kappa shape index (κ1) is 9.98. The Morgan fingerprint density at radius 3 is 2.29 bits per heavy atom. The summed E-state index contributed by atoms with van der Waals surface area (Å²) in [6.45, 7) is 0. The zero-order valence-electron chi connectivity index (χ0n) is 8.48. The molecule has 1 aliphatic heterocycles. The Hall–Kier alpha value is -0.550. The normalized spacial score (nSPS) is 20.6. The van der Waals surface area contributed by atoms with Crippen molar-refractivity contribution in [3.05, 3.63) is 35.9 Å². The maximum Gasteiger partial charge on any atom is 0.0919 e. The Morgan fingerprint density at radius 1 is 1.00 bits per heavy atom. The summed E-state index contributed by atoms with van der Waals surface area (Å²) in [7, 11) is -1.84. The van der Waals surface area contributed by atoms with Gasteiger partial charge in [-0.2, -0.15) is 0 Å². The molecule has 0 aromatic heterocycles. The van der Waals surface area contributed by atoms with Crippen molar-refractivity contribution in [2.75, 3.05) is 12.3 Å². The van der Waals surface area contributed by atoms with Gasteiger partial charge in [-0.25, -0.2) is 0 Å². The first-order chi connectivity index (χ1) is 6.79. The van der Waals surface area contributed by atoms with Crippen molar-refractivity contribution in [2.45, 2.75) is 25.4 Å². The van der Waals surface area contributed by atoms with E-state index in [-0.39, 0.29) is 0 Å². The summed E-state index contributed by atoms with van der Waals surface area (Å²) in [5.74, 6) is 0. The molecule has 14 heavy (non-hydrogen) atoms. The summed E-state index contributed by atoms with van der Waals surface area (Å²) >= 11 is 0. The Morgan fingerprint density at radius 2 is 1.64 bits per heavy atom. The third-order valence-corrected chi connectivity index (χ3v) is 6.15. The van der Waals surface area contributed by atoms with Crippen molar-refractivity contribution >= 4 is 7.14 Å². The number of hydrogen-bond acceptors (Lipinski definition) is 1. The average Bonchev–Trinajstić information content (AvgIpc) is 2.19. The third-order valence-electron chi connectivity index (χ3n) is 2.94. The second kappa shape index (κ2) is 4.31. The molecular weight excluding hydrogens is 191 g/mol. The molecule has 1 aromatic rings. The zero-order valence-corrected chi connectivity index (χ0v) is 9.38. The SMILES string of the molecule is O=P1(Cc2ccccc2)CCCCC1. The van der Waals surface area contributed by atoms with E-state index in [1.807, 2.05) is 18.2 Å². The summed E-state index contributed by atoms with van der Waals surface area (Å²) in [6, 6.07) is 10.3. The lowest BCUT2D eigenvalue weighted by Crippen LogP contribution is -2.05. The maximum atomic E-state index is 12.4. The fraction of sp³-hybridized carbons (Fsp3) is 0.500. The molecular formula is C12H17OP. The van der Waals surface area contributed by atoms with Gasteiger partial charge >= 0.3 is 0 Å². The number of benzene rings is 1. The summed E-state index contributed by atoms with van der Waals surface area (Å²) in [4.78, 5) is 0. The molecule has 1 aromatic carbocycles. The van der Waals surface area contributed by atoms with E-state index in [0.717, 1.165) is 18.5 Å². The van der Waals surface area contributed by atoms with E-state index in [2.05, 4.69) is 12.1 Å². The minimum absolute atomic E-state index is 0.827. The fourth-order valence-electron chi connectivity index (χ4n) is 2.16. The van der Waals surface area contributed by atoms with Crippen LogP contribution in [0.1, 0.15) is 24.8 Å². The summed E-state index contributed by atoms with van der Waals surface area (Å²) in [5, 5.41) is 0. The Kier molecular flexibility index (Phi) is 3.08. The molecule has 0 bridgehead atoms. The first-order valence-electron chi connectivity index (χ1n) is 5.40. The number of hydrogen-bond donors (Lipinski definition) is 0. The zero-order chi connectivity index (χ0) is 9.86. The molecule has 0 unspecified atom stereocenters. The van der Waals surface area contributed by atoms with Gasteiger partial charge in [0.05, 0.1) is 7.14 Å². The summed E-state index contributed by atoms with van der Waals surface area (Å²) in [5.41, 5.74) is 1.25. The highest BCUT2D eigenvalue weighted by Crippen LogP contribution is 2.52. The molecule has 0 aliphatic carbocycles. The van der Waals surface area contributed by atoms with Gasteiger partial charge in [0.1, 0.15) is 0 Å². The molecule has 0 radical (unpaired) electrons. The Bertz CT molecular complexity index is 321. The molecule has 2 heteroatoms. The standard InChI is InChI=1S/C12H17OP/c13-14(9-5-2-6-10-14)11-12-7-3-1-4-8-12/h1,3-4,7-8H,2,5-6,9-11H2. The van der Waals surface area contributed by atoms with Gasteiger partial charge in [0.2, 0.25) is 0 Å². The van der Waals surface area contributed by atoms with E-state index in [0.29, 0.717) is 0 Å². The van der Waals surface area contributed by atoms with Crippen molar-refractivity contribution in [2.24, 2.45) is 0 Å². The van der Waals surface area contributed by atoms with E-state index in [1.54, 1.807) is 0 Å². The third kappa shape index (κ3) is 2.48. The van der Waals surface area contributed by atoms with Crippen LogP contribution in [-0.4, -0.2) is 12.3 Å². The minimum Gasteiger partial charge on any atom is -0.323 e. The molecule has 1 heterocycles. The van der Waals surface area contributed by atoms with Crippen LogP contribution < -0.4 is 0 Å². The van der Waals surface area contributed by atoms with E-state index in [9.17, 15) is 4.57 Å². The van der Waals surface area contributed by atoms with Crippen LogP contribution in [0.5, 0.6) is 0 Å². The maximum absolute atomic E-state index is 12.4. The van der Waals surface area contributed by atoms with Crippen molar-refractivity contribution in [3.8, 4) is 0 Å². The van der Waals surface area contributed by atoms with Gasteiger partial charge in [0.25, 0.3) is 0 Å². The van der Waals surface area contributed by atoms with Gasteiger partial charge in [0, 0.05) is 18.5 Å². The molecule has 0 saturated carbocycles. The lowest BCUT2D eigenvalue weighted by Gasteiger charge is -2.22. The number of rotatable bonds is 2. The largest absolute Gasteiger partial charge is 0.323 e. The van der Waals surface area contributed by atoms with Gasteiger partial charge in [-0.1, -0.05) is 36.8 Å². The van der Waals surface area contributed by atoms with Crippen molar-refractivity contribution in [1.82, 2.24) is 0 Å². The van der Waals surface area contributed by atoms with Crippen LogP contribution >= 0.6 is 7.14 Å². The highest BCUT2D eigenvalue weighted by Gasteiger charge is 2.24. The van der Waals surface area contributed by atoms with E-state index in [1.165, 1.54) is 24.8 Å². The topological polar surface area (TPSA) is 17.1 Å². The molecule has 0 spiro atoms. The van der Waals surface area contributed by atoms with Crippen LogP contribution in [0.25, 0.3) is 0 Å². The lowest BCUT2D eigenvalue weighted by atomic mass is 10.2. The summed E-state index contributed by atoms with van der Waals surface area (Å²) in [6.07, 6.45) is 6.39. The van der Waals surface area contributed by atoms with Crippen molar-refractivity contribution in [3.63, 3.8) is 0 Å². The van der Waals surface area contributed by atoms with E-state index in [4.69, 9.17) is 0 Å². The first-order valence-corrected chi connectivity index (χ1v) is 7.66. The van der Waals surface area contributed by atoms with Crippen LogP contribution in [0.2, 0.25) is 0 Å². The fourth-order valence-corrected chi connectivity index (χ4v) is 5.18. The van der Waals surface area contributed by atoms with Crippen LogP contribution in [0.15, 0.2) is 30.3 Å². The monoisotopic (exact) mass is 208 g/mol. The van der Waals surface area contributed by atoms with Crippen LogP contribution in [0.3, 0.4) is 0 Å². The molecule has 0 amide bonds. The molecule has 1 nitrogen and oxygen atoms in total. The minimum atomic E-state index is -1.84. The highest BCUT2D eigenvalue weighted by molar-refractivity contribution is 7.63. The van der Waals surface area contributed by atoms with E-state index < -0.39 is 7.14 Å². The average molecular weight is 208 g/mol. The smallest absolute Gasteiger partial charge is 0.0919 e. The quantitative estimate of drug-likeness (QED) is 0.677. The molecule has 76 valence electrons. The Labute approximate surface area is 85.9 Å².